The van der Waals surface area contributed by atoms with Gasteiger partial charge in [-0.05, 0) is 48.0 Å². The lowest BCUT2D eigenvalue weighted by Gasteiger charge is -2.37. The van der Waals surface area contributed by atoms with E-state index in [2.05, 4.69) is 12.2 Å². The Kier molecular flexibility index (Phi) is 8.29. The van der Waals surface area contributed by atoms with Crippen LogP contribution in [0.2, 0.25) is 0 Å². The van der Waals surface area contributed by atoms with Gasteiger partial charge in [0.2, 0.25) is 0 Å². The van der Waals surface area contributed by atoms with Crippen molar-refractivity contribution < 1.29 is 19.0 Å². The molecule has 0 aromatic carbocycles. The Morgan fingerprint density at radius 1 is 1.35 bits per heavy atom. The second kappa shape index (κ2) is 9.45. The summed E-state index contributed by atoms with van der Waals surface area (Å²) in [5.74, 6) is 0. The van der Waals surface area contributed by atoms with E-state index >= 15 is 0 Å². The van der Waals surface area contributed by atoms with Crippen LogP contribution in [0.15, 0.2) is 0 Å². The summed E-state index contributed by atoms with van der Waals surface area (Å²) in [4.78, 5) is 14.2. The molecule has 2 unspecified atom stereocenters. The van der Waals surface area contributed by atoms with E-state index in [1.807, 2.05) is 34.6 Å². The van der Waals surface area contributed by atoms with Crippen molar-refractivity contribution in [3.8, 4) is 0 Å². The van der Waals surface area contributed by atoms with Gasteiger partial charge in [0.25, 0.3) is 0 Å². The van der Waals surface area contributed by atoms with Crippen LogP contribution < -0.4 is 5.32 Å². The SMILES string of the molecule is CC(CC1COCCN1C(=O)OC(C)(C)C)NCCOC(C)C. The van der Waals surface area contributed by atoms with Crippen molar-refractivity contribution in [2.24, 2.45) is 0 Å². The van der Waals surface area contributed by atoms with Crippen molar-refractivity contribution in [1.29, 1.82) is 0 Å². The Hall–Kier alpha value is -0.850. The molecule has 0 aromatic heterocycles. The van der Waals surface area contributed by atoms with E-state index in [0.29, 0.717) is 26.4 Å². The largest absolute Gasteiger partial charge is 0.444 e. The number of amides is 1. The highest BCUT2D eigenvalue weighted by Crippen LogP contribution is 2.17. The third-order valence-electron chi connectivity index (χ3n) is 3.53. The highest BCUT2D eigenvalue weighted by molar-refractivity contribution is 5.68. The van der Waals surface area contributed by atoms with Crippen LogP contribution in [0.25, 0.3) is 0 Å². The van der Waals surface area contributed by atoms with Crippen LogP contribution >= 0.6 is 0 Å². The van der Waals surface area contributed by atoms with E-state index in [1.165, 1.54) is 0 Å². The molecule has 1 saturated heterocycles. The molecule has 1 rings (SSSR count). The number of carbonyl (C=O) groups excluding carboxylic acids is 1. The Balaban J connectivity index is 2.43. The predicted octanol–water partition coefficient (Wildman–Crippen LogP) is 2.42. The maximum Gasteiger partial charge on any atom is 0.410 e. The number of hydrogen-bond donors (Lipinski definition) is 1. The molecule has 0 aromatic rings. The summed E-state index contributed by atoms with van der Waals surface area (Å²) in [6, 6.07) is 0.328. The van der Waals surface area contributed by atoms with Gasteiger partial charge in [0, 0.05) is 19.1 Å². The first kappa shape index (κ1) is 20.2. The molecule has 0 saturated carbocycles. The van der Waals surface area contributed by atoms with Crippen LogP contribution in [-0.4, -0.2) is 67.7 Å². The zero-order valence-electron chi connectivity index (χ0n) is 15.6. The minimum atomic E-state index is -0.474. The lowest BCUT2D eigenvalue weighted by Crippen LogP contribution is -2.52. The normalized spacial score (nSPS) is 20.7. The van der Waals surface area contributed by atoms with Crippen LogP contribution in [0, 0.1) is 0 Å². The van der Waals surface area contributed by atoms with Gasteiger partial charge in [-0.2, -0.15) is 0 Å². The van der Waals surface area contributed by atoms with Gasteiger partial charge in [0.05, 0.1) is 32.0 Å². The monoisotopic (exact) mass is 330 g/mol. The Bertz CT molecular complexity index is 355. The zero-order chi connectivity index (χ0) is 17.5. The number of carbonyl (C=O) groups is 1. The van der Waals surface area contributed by atoms with Crippen molar-refractivity contribution in [3.05, 3.63) is 0 Å². The van der Waals surface area contributed by atoms with Gasteiger partial charge in [0.15, 0.2) is 0 Å². The third kappa shape index (κ3) is 8.53. The zero-order valence-corrected chi connectivity index (χ0v) is 15.6. The van der Waals surface area contributed by atoms with Crippen molar-refractivity contribution >= 4 is 6.09 Å². The fraction of sp³-hybridized carbons (Fsp3) is 0.941. The second-order valence-electron chi connectivity index (χ2n) is 7.41. The van der Waals surface area contributed by atoms with E-state index in [9.17, 15) is 4.79 Å². The number of hydrogen-bond acceptors (Lipinski definition) is 5. The van der Waals surface area contributed by atoms with Crippen LogP contribution in [-0.2, 0) is 14.2 Å². The molecule has 6 nitrogen and oxygen atoms in total. The molecule has 0 radical (unpaired) electrons. The van der Waals surface area contributed by atoms with Gasteiger partial charge in [-0.3, -0.25) is 0 Å². The molecule has 1 N–H and O–H groups in total. The van der Waals surface area contributed by atoms with Crippen molar-refractivity contribution in [2.45, 2.75) is 71.8 Å². The van der Waals surface area contributed by atoms with Crippen LogP contribution in [0.5, 0.6) is 0 Å². The number of ether oxygens (including phenoxy) is 3. The first-order valence-electron chi connectivity index (χ1n) is 8.61. The molecule has 2 atom stereocenters. The summed E-state index contributed by atoms with van der Waals surface area (Å²) in [6.07, 6.45) is 0.837. The maximum absolute atomic E-state index is 12.3. The van der Waals surface area contributed by atoms with Gasteiger partial charge in [-0.25, -0.2) is 4.79 Å². The van der Waals surface area contributed by atoms with E-state index in [0.717, 1.165) is 13.0 Å². The standard InChI is InChI=1S/C17H34N2O4/c1-13(2)22-9-7-18-14(3)11-15-12-21-10-8-19(15)16(20)23-17(4,5)6/h13-15,18H,7-12H2,1-6H3. The fourth-order valence-corrected chi connectivity index (χ4v) is 2.50. The molecule has 0 aliphatic carbocycles. The molecule has 1 heterocycles. The minimum absolute atomic E-state index is 0.0483. The first-order valence-corrected chi connectivity index (χ1v) is 8.61. The van der Waals surface area contributed by atoms with Crippen LogP contribution in [0.3, 0.4) is 0 Å². The second-order valence-corrected chi connectivity index (χ2v) is 7.41. The van der Waals surface area contributed by atoms with E-state index in [1.54, 1.807) is 4.90 Å². The lowest BCUT2D eigenvalue weighted by molar-refractivity contribution is -0.0357. The molecule has 0 spiro atoms. The van der Waals surface area contributed by atoms with E-state index in [-0.39, 0.29) is 24.3 Å². The molecule has 1 fully saturated rings. The molecule has 1 aliphatic heterocycles. The Morgan fingerprint density at radius 2 is 2.04 bits per heavy atom. The molecule has 1 aliphatic rings. The number of nitrogens with one attached hydrogen (secondary N) is 1. The quantitative estimate of drug-likeness (QED) is 0.727. The minimum Gasteiger partial charge on any atom is -0.444 e. The average molecular weight is 330 g/mol. The molecule has 23 heavy (non-hydrogen) atoms. The number of rotatable bonds is 7. The Morgan fingerprint density at radius 3 is 2.65 bits per heavy atom. The smallest absolute Gasteiger partial charge is 0.410 e. The average Bonchev–Trinajstić information content (AvgIpc) is 2.42. The van der Waals surface area contributed by atoms with Gasteiger partial charge >= 0.3 is 6.09 Å². The highest BCUT2D eigenvalue weighted by atomic mass is 16.6. The maximum atomic E-state index is 12.3. The van der Waals surface area contributed by atoms with E-state index < -0.39 is 5.60 Å². The lowest BCUT2D eigenvalue weighted by atomic mass is 10.1. The summed E-state index contributed by atoms with van der Waals surface area (Å²) in [5.41, 5.74) is -0.474. The molecule has 0 bridgehead atoms. The topological polar surface area (TPSA) is 60.0 Å². The van der Waals surface area contributed by atoms with Crippen molar-refractivity contribution in [3.63, 3.8) is 0 Å². The molecular weight excluding hydrogens is 296 g/mol. The summed E-state index contributed by atoms with van der Waals surface area (Å²) in [6.45, 7) is 15.1. The van der Waals surface area contributed by atoms with Gasteiger partial charge in [0.1, 0.15) is 5.60 Å². The Labute approximate surface area is 140 Å². The van der Waals surface area contributed by atoms with Crippen molar-refractivity contribution in [1.82, 2.24) is 10.2 Å². The summed E-state index contributed by atoms with van der Waals surface area (Å²) in [5, 5.41) is 3.43. The first-order chi connectivity index (χ1) is 10.7. The van der Waals surface area contributed by atoms with Gasteiger partial charge in [-0.1, -0.05) is 0 Å². The predicted molar refractivity (Wildman–Crippen MR) is 90.7 cm³/mol. The number of morpholine rings is 1. The molecule has 1 amide bonds. The van der Waals surface area contributed by atoms with Gasteiger partial charge < -0.3 is 24.4 Å². The van der Waals surface area contributed by atoms with Gasteiger partial charge in [-0.15, -0.1) is 0 Å². The van der Waals surface area contributed by atoms with Crippen molar-refractivity contribution in [2.75, 3.05) is 32.9 Å². The third-order valence-corrected chi connectivity index (χ3v) is 3.53. The molecule has 6 heteroatoms. The van der Waals surface area contributed by atoms with E-state index in [4.69, 9.17) is 14.2 Å². The highest BCUT2D eigenvalue weighted by Gasteiger charge is 2.31. The molecular formula is C17H34N2O4. The number of nitrogens with zero attached hydrogens (tertiary/aromatic N) is 1. The summed E-state index contributed by atoms with van der Waals surface area (Å²) < 4.78 is 16.6. The van der Waals surface area contributed by atoms with Crippen LogP contribution in [0.4, 0.5) is 4.79 Å². The van der Waals surface area contributed by atoms with Crippen LogP contribution in [0.1, 0.15) is 48.0 Å². The summed E-state index contributed by atoms with van der Waals surface area (Å²) >= 11 is 0. The fourth-order valence-electron chi connectivity index (χ4n) is 2.50. The molecule has 136 valence electrons. The summed E-state index contributed by atoms with van der Waals surface area (Å²) in [7, 11) is 0.